The molecular weight excluding hydrogens is 669 g/mol. The summed E-state index contributed by atoms with van der Waals surface area (Å²) in [6.45, 7) is 8.92. The van der Waals surface area contributed by atoms with Crippen molar-refractivity contribution in [1.82, 2.24) is 9.13 Å². The summed E-state index contributed by atoms with van der Waals surface area (Å²) < 4.78 is 16.7. The molecule has 0 saturated carbocycles. The lowest BCUT2D eigenvalue weighted by Crippen LogP contribution is -2.26. The molecule has 0 amide bonds. The van der Waals surface area contributed by atoms with E-state index >= 15 is 0 Å². The summed E-state index contributed by atoms with van der Waals surface area (Å²) in [4.78, 5) is 27.7. The molecule has 2 aromatic heterocycles. The van der Waals surface area contributed by atoms with Gasteiger partial charge in [-0.3, -0.25) is 0 Å². The molecule has 6 heterocycles. The number of rotatable bonds is 2. The molecule has 0 atom stereocenters. The lowest BCUT2D eigenvalue weighted by Gasteiger charge is -2.35. The molecule has 0 spiro atoms. The summed E-state index contributed by atoms with van der Waals surface area (Å²) in [5.74, 6) is -0.686. The maximum absolute atomic E-state index is 13.8. The van der Waals surface area contributed by atoms with Crippen molar-refractivity contribution in [2.24, 2.45) is 0 Å². The summed E-state index contributed by atoms with van der Waals surface area (Å²) in [5, 5.41) is 4.85. The maximum atomic E-state index is 13.8. The number of hydrogen-bond acceptors (Lipinski definition) is 4. The van der Waals surface area contributed by atoms with Crippen LogP contribution in [0.4, 0.5) is 0 Å². The number of fused-ring (bicyclic) bond motifs is 11. The van der Waals surface area contributed by atoms with E-state index in [1.807, 2.05) is 12.1 Å². The van der Waals surface area contributed by atoms with Crippen LogP contribution in [0.25, 0.3) is 66.1 Å². The lowest BCUT2D eigenvalue weighted by molar-refractivity contribution is -0.131. The molecule has 258 valence electrons. The number of nitrogens with zero attached hydrogens (tertiary/aromatic N) is 2. The molecule has 0 radical (unpaired) electrons. The normalized spacial score (nSPS) is 17.4. The third kappa shape index (κ3) is 3.42. The van der Waals surface area contributed by atoms with E-state index in [0.717, 1.165) is 33.5 Å². The van der Waals surface area contributed by atoms with Gasteiger partial charge in [-0.05, 0) is 69.8 Å². The van der Waals surface area contributed by atoms with E-state index in [9.17, 15) is 9.59 Å². The van der Waals surface area contributed by atoms with Gasteiger partial charge in [-0.15, -0.1) is 0 Å². The Morgan fingerprint density at radius 2 is 0.852 bits per heavy atom. The average Bonchev–Trinajstić information content (AvgIpc) is 3.89. The SMILES string of the molecule is CC1(C)c2cc(C3=C4OC(=O)C(c5ccc6c(c5)C(C)(C)c5cccc7c8ccccc8n-6c57)=C4OC3=O)ccc2-n2c3ccccc3c3cccc1c32. The van der Waals surface area contributed by atoms with E-state index in [1.54, 1.807) is 0 Å². The first-order valence-corrected chi connectivity index (χ1v) is 18.4. The highest BCUT2D eigenvalue weighted by Gasteiger charge is 2.45. The summed E-state index contributed by atoms with van der Waals surface area (Å²) >= 11 is 0. The Morgan fingerprint density at radius 3 is 1.30 bits per heavy atom. The maximum Gasteiger partial charge on any atom is 0.348 e. The van der Waals surface area contributed by atoms with E-state index in [2.05, 4.69) is 146 Å². The van der Waals surface area contributed by atoms with Gasteiger partial charge in [0.25, 0.3) is 0 Å². The molecule has 0 bridgehead atoms. The number of carbonyl (C=O) groups excluding carboxylic acids is 2. The highest BCUT2D eigenvalue weighted by atomic mass is 16.6. The Morgan fingerprint density at radius 1 is 0.444 bits per heavy atom. The molecule has 54 heavy (non-hydrogen) atoms. The smallest absolute Gasteiger partial charge is 0.348 e. The third-order valence-electron chi connectivity index (χ3n) is 12.6. The highest BCUT2D eigenvalue weighted by molar-refractivity contribution is 6.29. The predicted molar refractivity (Wildman–Crippen MR) is 212 cm³/mol. The van der Waals surface area contributed by atoms with Gasteiger partial charge in [0.2, 0.25) is 0 Å². The summed E-state index contributed by atoms with van der Waals surface area (Å²) in [7, 11) is 0. The van der Waals surface area contributed by atoms with Gasteiger partial charge in [0.05, 0.1) is 33.4 Å². The minimum absolute atomic E-state index is 0.184. The topological polar surface area (TPSA) is 62.5 Å². The molecule has 12 rings (SSSR count). The third-order valence-corrected chi connectivity index (χ3v) is 12.6. The van der Waals surface area contributed by atoms with Crippen LogP contribution in [-0.4, -0.2) is 21.1 Å². The van der Waals surface area contributed by atoms with Crippen LogP contribution in [0, 0.1) is 0 Å². The molecule has 8 aromatic rings. The number of benzene rings is 6. The molecule has 0 fully saturated rings. The van der Waals surface area contributed by atoms with E-state index in [4.69, 9.17) is 9.47 Å². The molecular formula is C48H32N2O4. The van der Waals surface area contributed by atoms with Crippen LogP contribution < -0.4 is 0 Å². The van der Waals surface area contributed by atoms with Crippen molar-refractivity contribution in [3.63, 3.8) is 0 Å². The van der Waals surface area contributed by atoms with Gasteiger partial charge in [0.1, 0.15) is 11.1 Å². The first-order chi connectivity index (χ1) is 26.1. The molecule has 0 saturated heterocycles. The summed E-state index contributed by atoms with van der Waals surface area (Å²) in [5.41, 5.74) is 12.5. The standard InChI is InChI=1S/C48H32N2O4/c1-47(2)31-15-9-13-29-27-11-5-7-17-35(27)49(41(29)31)37-21-19-25(23-33(37)47)39-43-44(54-45(39)51)40(46(52)53-43)26-20-22-38-34(24-26)48(3,4)32-16-10-14-30-28-12-6-8-18-36(28)50(38)42(30)32/h5-24H,1-4H3. The van der Waals surface area contributed by atoms with Gasteiger partial charge < -0.3 is 18.6 Å². The van der Waals surface area contributed by atoms with E-state index < -0.39 is 11.9 Å². The average molecular weight is 701 g/mol. The second kappa shape index (κ2) is 9.65. The quantitative estimate of drug-likeness (QED) is 0.168. The Kier molecular flexibility index (Phi) is 5.34. The van der Waals surface area contributed by atoms with Crippen molar-refractivity contribution >= 4 is 66.7 Å². The van der Waals surface area contributed by atoms with Gasteiger partial charge >= 0.3 is 11.9 Å². The van der Waals surface area contributed by atoms with E-state index in [0.29, 0.717) is 11.1 Å². The molecule has 6 aromatic carbocycles. The predicted octanol–water partition coefficient (Wildman–Crippen LogP) is 10.4. The minimum Gasteiger partial charge on any atom is -0.418 e. The lowest BCUT2D eigenvalue weighted by atomic mass is 9.74. The molecule has 0 aliphatic carbocycles. The fraction of sp³-hybridized carbons (Fsp3) is 0.125. The Hall–Kier alpha value is -6.66. The molecule has 6 nitrogen and oxygen atoms in total. The van der Waals surface area contributed by atoms with Gasteiger partial charge in [-0.1, -0.05) is 113 Å². The number of carbonyl (C=O) groups is 2. The first kappa shape index (κ1) is 29.9. The highest BCUT2D eigenvalue weighted by Crippen LogP contribution is 2.52. The zero-order chi connectivity index (χ0) is 36.4. The number of ether oxygens (including phenoxy) is 2. The van der Waals surface area contributed by atoms with Gasteiger partial charge in [0.15, 0.2) is 11.5 Å². The van der Waals surface area contributed by atoms with Crippen molar-refractivity contribution in [2.75, 3.05) is 0 Å². The second-order valence-corrected chi connectivity index (χ2v) is 16.0. The number of para-hydroxylation sites is 4. The Labute approximate surface area is 310 Å². The summed E-state index contributed by atoms with van der Waals surface area (Å²) in [6, 6.07) is 42.2. The second-order valence-electron chi connectivity index (χ2n) is 16.0. The van der Waals surface area contributed by atoms with Crippen LogP contribution in [-0.2, 0) is 29.9 Å². The number of esters is 2. The fourth-order valence-electron chi connectivity index (χ4n) is 10.0. The molecule has 4 aliphatic heterocycles. The van der Waals surface area contributed by atoms with Crippen LogP contribution in [0.2, 0.25) is 0 Å². The van der Waals surface area contributed by atoms with E-state index in [1.165, 1.54) is 43.7 Å². The Balaban J connectivity index is 1.03. The summed E-state index contributed by atoms with van der Waals surface area (Å²) in [6.07, 6.45) is 0. The molecule has 0 N–H and O–H groups in total. The van der Waals surface area contributed by atoms with Gasteiger partial charge in [-0.2, -0.15) is 0 Å². The van der Waals surface area contributed by atoms with Crippen molar-refractivity contribution in [2.45, 2.75) is 38.5 Å². The zero-order valence-corrected chi connectivity index (χ0v) is 30.1. The fourth-order valence-corrected chi connectivity index (χ4v) is 10.0. The van der Waals surface area contributed by atoms with Crippen molar-refractivity contribution in [3.8, 4) is 11.4 Å². The van der Waals surface area contributed by atoms with Crippen molar-refractivity contribution in [1.29, 1.82) is 0 Å². The van der Waals surface area contributed by atoms with E-state index in [-0.39, 0.29) is 33.5 Å². The molecule has 4 aliphatic rings. The van der Waals surface area contributed by atoms with Crippen molar-refractivity contribution < 1.29 is 19.1 Å². The van der Waals surface area contributed by atoms with Crippen molar-refractivity contribution in [3.05, 3.63) is 166 Å². The van der Waals surface area contributed by atoms with Gasteiger partial charge in [-0.25, -0.2) is 9.59 Å². The van der Waals surface area contributed by atoms with Crippen LogP contribution in [0.15, 0.2) is 133 Å². The first-order valence-electron chi connectivity index (χ1n) is 18.4. The number of aromatic nitrogens is 2. The molecule has 6 heteroatoms. The van der Waals surface area contributed by atoms with Crippen LogP contribution in [0.1, 0.15) is 61.1 Å². The van der Waals surface area contributed by atoms with Crippen LogP contribution >= 0.6 is 0 Å². The minimum atomic E-state index is -0.527. The number of hydrogen-bond donors (Lipinski definition) is 0. The zero-order valence-electron chi connectivity index (χ0n) is 30.1. The van der Waals surface area contributed by atoms with Crippen LogP contribution in [0.5, 0.6) is 0 Å². The molecule has 0 unspecified atom stereocenters. The Bertz CT molecular complexity index is 2980. The monoisotopic (exact) mass is 700 g/mol. The van der Waals surface area contributed by atoms with Gasteiger partial charge in [0, 0.05) is 32.4 Å². The van der Waals surface area contributed by atoms with Crippen LogP contribution in [0.3, 0.4) is 0 Å². The largest absolute Gasteiger partial charge is 0.418 e.